The van der Waals surface area contributed by atoms with Crippen molar-refractivity contribution in [3.05, 3.63) is 88.4 Å². The summed E-state index contributed by atoms with van der Waals surface area (Å²) in [5, 5.41) is 2.76. The molecule has 192 valence electrons. The molecule has 0 aliphatic rings. The van der Waals surface area contributed by atoms with Crippen molar-refractivity contribution in [1.82, 2.24) is 10.9 Å². The third-order valence-electron chi connectivity index (χ3n) is 4.93. The monoisotopic (exact) mass is 567 g/mol. The molecule has 0 fully saturated rings. The van der Waals surface area contributed by atoms with E-state index in [9.17, 15) is 19.2 Å². The van der Waals surface area contributed by atoms with Crippen LogP contribution in [-0.2, 0) is 19.1 Å². The van der Waals surface area contributed by atoms with Crippen LogP contribution in [-0.4, -0.2) is 30.3 Å². The third kappa shape index (κ3) is 9.77. The van der Waals surface area contributed by atoms with Crippen molar-refractivity contribution in [3.63, 3.8) is 0 Å². The van der Waals surface area contributed by atoms with E-state index in [4.69, 9.17) is 9.47 Å². The number of ether oxygens (including phenoxy) is 2. The van der Waals surface area contributed by atoms with E-state index in [1.165, 1.54) is 0 Å². The van der Waals surface area contributed by atoms with Crippen LogP contribution in [0.15, 0.2) is 77.3 Å². The molecule has 0 atom stereocenters. The first-order chi connectivity index (χ1) is 17.8. The summed E-state index contributed by atoms with van der Waals surface area (Å²) in [5.74, 6) is -0.707. The van der Waals surface area contributed by atoms with E-state index in [-0.39, 0.29) is 25.2 Å². The molecule has 0 unspecified atom stereocenters. The van der Waals surface area contributed by atoms with E-state index in [0.29, 0.717) is 17.0 Å². The number of hydrazine groups is 1. The molecule has 9 nitrogen and oxygen atoms in total. The molecular formula is C27H26BrN3O6. The molecule has 0 spiro atoms. The van der Waals surface area contributed by atoms with Crippen LogP contribution in [0, 0.1) is 6.92 Å². The van der Waals surface area contributed by atoms with Crippen LogP contribution in [0.5, 0.6) is 11.5 Å². The highest BCUT2D eigenvalue weighted by atomic mass is 79.9. The Morgan fingerprint density at radius 2 is 1.54 bits per heavy atom. The second-order valence-corrected chi connectivity index (χ2v) is 8.93. The first-order valence-electron chi connectivity index (χ1n) is 11.4. The van der Waals surface area contributed by atoms with Crippen molar-refractivity contribution in [2.24, 2.45) is 0 Å². The van der Waals surface area contributed by atoms with Gasteiger partial charge in [-0.1, -0.05) is 28.1 Å². The van der Waals surface area contributed by atoms with Gasteiger partial charge in [-0.15, -0.1) is 0 Å². The normalized spacial score (nSPS) is 10.2. The number of carbonyl (C=O) groups excluding carboxylic acids is 4. The molecule has 0 saturated carbocycles. The second-order valence-electron chi connectivity index (χ2n) is 8.01. The molecule has 0 saturated heterocycles. The Labute approximate surface area is 222 Å². The zero-order valence-corrected chi connectivity index (χ0v) is 21.7. The molecule has 3 aromatic carbocycles. The van der Waals surface area contributed by atoms with Gasteiger partial charge in [0.25, 0.3) is 11.8 Å². The van der Waals surface area contributed by atoms with Crippen molar-refractivity contribution in [2.75, 3.05) is 11.9 Å². The van der Waals surface area contributed by atoms with Crippen LogP contribution in [0.2, 0.25) is 0 Å². The van der Waals surface area contributed by atoms with Gasteiger partial charge in [0, 0.05) is 28.6 Å². The SMILES string of the molecule is Cc1cccc(Oc2ccc(NC(=O)CCCC(=O)OCC(=O)NNC(=O)c3ccc(Br)cc3)cc2)c1. The lowest BCUT2D eigenvalue weighted by molar-refractivity contribution is -0.148. The molecule has 10 heteroatoms. The minimum Gasteiger partial charge on any atom is -0.457 e. The van der Waals surface area contributed by atoms with Gasteiger partial charge in [0.1, 0.15) is 11.5 Å². The van der Waals surface area contributed by atoms with Gasteiger partial charge in [0.05, 0.1) is 0 Å². The summed E-state index contributed by atoms with van der Waals surface area (Å²) >= 11 is 3.27. The van der Waals surface area contributed by atoms with Crippen LogP contribution in [0.4, 0.5) is 5.69 Å². The number of rotatable bonds is 10. The molecule has 3 aromatic rings. The Morgan fingerprint density at radius 1 is 0.811 bits per heavy atom. The lowest BCUT2D eigenvalue weighted by Gasteiger charge is -2.09. The summed E-state index contributed by atoms with van der Waals surface area (Å²) in [6.07, 6.45) is 0.322. The highest BCUT2D eigenvalue weighted by Gasteiger charge is 2.11. The van der Waals surface area contributed by atoms with Gasteiger partial charge in [-0.3, -0.25) is 30.0 Å². The smallest absolute Gasteiger partial charge is 0.306 e. The lowest BCUT2D eigenvalue weighted by Crippen LogP contribution is -2.43. The number of anilines is 1. The number of halogens is 1. The number of carbonyl (C=O) groups is 4. The van der Waals surface area contributed by atoms with Gasteiger partial charge in [-0.2, -0.15) is 0 Å². The Balaban J connectivity index is 1.29. The molecule has 3 amide bonds. The van der Waals surface area contributed by atoms with E-state index >= 15 is 0 Å². The lowest BCUT2D eigenvalue weighted by atomic mass is 10.2. The van der Waals surface area contributed by atoms with E-state index in [1.54, 1.807) is 48.5 Å². The highest BCUT2D eigenvalue weighted by Crippen LogP contribution is 2.23. The Kier molecular flexibility index (Phi) is 10.2. The molecule has 37 heavy (non-hydrogen) atoms. The average molecular weight is 568 g/mol. The minimum absolute atomic E-state index is 0.0325. The maximum absolute atomic E-state index is 12.2. The standard InChI is InChI=1S/C27H26BrN3O6/c1-18-4-2-5-23(16-18)37-22-14-12-21(13-15-22)29-24(32)6-3-7-26(34)36-17-25(33)30-31-27(35)19-8-10-20(28)11-9-19/h2,4-5,8-16H,3,6-7,17H2,1H3,(H,29,32)(H,30,33)(H,31,35). The fourth-order valence-corrected chi connectivity index (χ4v) is 3.36. The van der Waals surface area contributed by atoms with E-state index in [1.807, 2.05) is 31.2 Å². The molecule has 0 bridgehead atoms. The number of aryl methyl sites for hydroxylation is 1. The molecule has 0 aliphatic heterocycles. The summed E-state index contributed by atoms with van der Waals surface area (Å²) < 4.78 is 11.5. The topological polar surface area (TPSA) is 123 Å². The summed E-state index contributed by atoms with van der Waals surface area (Å²) in [6.45, 7) is 1.43. The van der Waals surface area contributed by atoms with Crippen molar-refractivity contribution in [1.29, 1.82) is 0 Å². The molecule has 3 N–H and O–H groups in total. The van der Waals surface area contributed by atoms with E-state index in [0.717, 1.165) is 15.8 Å². The number of esters is 1. The molecule has 0 radical (unpaired) electrons. The predicted molar refractivity (Wildman–Crippen MR) is 141 cm³/mol. The number of hydrogen-bond donors (Lipinski definition) is 3. The molecule has 0 aliphatic carbocycles. The number of benzene rings is 3. The van der Waals surface area contributed by atoms with Crippen LogP contribution in [0.1, 0.15) is 35.2 Å². The van der Waals surface area contributed by atoms with Gasteiger partial charge in [-0.05, 0) is 79.6 Å². The fourth-order valence-electron chi connectivity index (χ4n) is 3.09. The maximum atomic E-state index is 12.2. The summed E-state index contributed by atoms with van der Waals surface area (Å²) in [6, 6.07) is 21.2. The van der Waals surface area contributed by atoms with Gasteiger partial charge >= 0.3 is 5.97 Å². The van der Waals surface area contributed by atoms with Crippen LogP contribution in [0.25, 0.3) is 0 Å². The number of amides is 3. The van der Waals surface area contributed by atoms with Gasteiger partial charge in [0.15, 0.2) is 6.61 Å². The summed E-state index contributed by atoms with van der Waals surface area (Å²) in [7, 11) is 0. The first kappa shape index (κ1) is 27.4. The largest absolute Gasteiger partial charge is 0.457 e. The maximum Gasteiger partial charge on any atom is 0.306 e. The molecular weight excluding hydrogens is 542 g/mol. The van der Waals surface area contributed by atoms with Crippen molar-refractivity contribution >= 4 is 45.3 Å². The summed E-state index contributed by atoms with van der Waals surface area (Å²) in [5.41, 5.74) is 6.45. The van der Waals surface area contributed by atoms with Gasteiger partial charge in [0.2, 0.25) is 5.91 Å². The molecule has 0 heterocycles. The number of nitrogens with one attached hydrogen (secondary N) is 3. The third-order valence-corrected chi connectivity index (χ3v) is 5.46. The molecule has 3 rings (SSSR count). The van der Waals surface area contributed by atoms with Crippen LogP contribution in [0.3, 0.4) is 0 Å². The summed E-state index contributed by atoms with van der Waals surface area (Å²) in [4.78, 5) is 47.7. The highest BCUT2D eigenvalue weighted by molar-refractivity contribution is 9.10. The van der Waals surface area contributed by atoms with Crippen molar-refractivity contribution in [3.8, 4) is 11.5 Å². The van der Waals surface area contributed by atoms with Crippen LogP contribution >= 0.6 is 15.9 Å². The quantitative estimate of drug-likeness (QED) is 0.242. The fraction of sp³-hybridized carbons (Fsp3) is 0.185. The molecule has 0 aromatic heterocycles. The predicted octanol–water partition coefficient (Wildman–Crippen LogP) is 4.66. The Hall–Kier alpha value is -4.18. The minimum atomic E-state index is -0.689. The van der Waals surface area contributed by atoms with Crippen LogP contribution < -0.4 is 20.9 Å². The van der Waals surface area contributed by atoms with Crippen molar-refractivity contribution in [2.45, 2.75) is 26.2 Å². The second kappa shape index (κ2) is 13.8. The Bertz CT molecular complexity index is 1250. The van der Waals surface area contributed by atoms with E-state index < -0.39 is 24.4 Å². The Morgan fingerprint density at radius 3 is 2.24 bits per heavy atom. The van der Waals surface area contributed by atoms with Gasteiger partial charge < -0.3 is 14.8 Å². The van der Waals surface area contributed by atoms with E-state index in [2.05, 4.69) is 32.1 Å². The van der Waals surface area contributed by atoms with Crippen molar-refractivity contribution < 1.29 is 28.7 Å². The number of hydrogen-bond acceptors (Lipinski definition) is 6. The zero-order valence-electron chi connectivity index (χ0n) is 20.1. The average Bonchev–Trinajstić information content (AvgIpc) is 2.87. The van der Waals surface area contributed by atoms with Gasteiger partial charge in [-0.25, -0.2) is 0 Å². The first-order valence-corrected chi connectivity index (χ1v) is 12.2. The zero-order chi connectivity index (χ0) is 26.6.